The fourth-order valence-electron chi connectivity index (χ4n) is 2.29. The first-order valence-electron chi connectivity index (χ1n) is 7.62. The van der Waals surface area contributed by atoms with Crippen LogP contribution in [0.25, 0.3) is 0 Å². The van der Waals surface area contributed by atoms with E-state index in [-0.39, 0.29) is 11.6 Å². The molecule has 0 radical (unpaired) electrons. The molecule has 6 heteroatoms. The Kier molecular flexibility index (Phi) is 5.52. The largest absolute Gasteiger partial charge is 0.491 e. The average molecular weight is 328 g/mol. The Labute approximate surface area is 140 Å². The zero-order valence-electron chi connectivity index (χ0n) is 14.0. The van der Waals surface area contributed by atoms with Gasteiger partial charge < -0.3 is 10.1 Å². The summed E-state index contributed by atoms with van der Waals surface area (Å²) >= 11 is 0. The van der Waals surface area contributed by atoms with Crippen LogP contribution in [0.4, 0.5) is 5.69 Å². The lowest BCUT2D eigenvalue weighted by Crippen LogP contribution is -2.28. The minimum atomic E-state index is -0.463. The maximum Gasteiger partial charge on any atom is 0.272 e. The maximum atomic E-state index is 12.1. The van der Waals surface area contributed by atoms with Crippen LogP contribution in [0.1, 0.15) is 27.0 Å². The number of nitrogens with zero attached hydrogens (tertiary/aromatic N) is 1. The van der Waals surface area contributed by atoms with Crippen molar-refractivity contribution in [2.45, 2.75) is 20.8 Å². The van der Waals surface area contributed by atoms with E-state index >= 15 is 0 Å². The Morgan fingerprint density at radius 2 is 1.88 bits per heavy atom. The molecule has 1 N–H and O–H groups in total. The molecule has 0 bridgehead atoms. The number of hydrogen-bond donors (Lipinski definition) is 1. The number of ether oxygens (including phenoxy) is 1. The normalized spacial score (nSPS) is 10.3. The van der Waals surface area contributed by atoms with Crippen LogP contribution in [-0.2, 0) is 0 Å². The number of carbonyl (C=O) groups is 1. The van der Waals surface area contributed by atoms with Gasteiger partial charge in [-0.15, -0.1) is 0 Å². The Hall–Kier alpha value is -2.89. The van der Waals surface area contributed by atoms with Crippen LogP contribution in [0.15, 0.2) is 36.4 Å². The first-order valence-corrected chi connectivity index (χ1v) is 7.62. The van der Waals surface area contributed by atoms with Crippen LogP contribution < -0.4 is 10.1 Å². The zero-order valence-corrected chi connectivity index (χ0v) is 14.0. The highest BCUT2D eigenvalue weighted by molar-refractivity contribution is 5.94. The highest BCUT2D eigenvalue weighted by atomic mass is 16.6. The summed E-state index contributed by atoms with van der Waals surface area (Å²) in [6.45, 7) is 6.26. The number of carbonyl (C=O) groups excluding carboxylic acids is 1. The van der Waals surface area contributed by atoms with Crippen molar-refractivity contribution in [2.75, 3.05) is 13.2 Å². The van der Waals surface area contributed by atoms with E-state index in [1.54, 1.807) is 6.92 Å². The molecule has 0 heterocycles. The van der Waals surface area contributed by atoms with E-state index in [2.05, 4.69) is 5.32 Å². The Bertz CT molecular complexity index is 772. The van der Waals surface area contributed by atoms with Gasteiger partial charge in [-0.2, -0.15) is 0 Å². The van der Waals surface area contributed by atoms with Crippen molar-refractivity contribution >= 4 is 11.6 Å². The van der Waals surface area contributed by atoms with Crippen LogP contribution in [-0.4, -0.2) is 24.0 Å². The smallest absolute Gasteiger partial charge is 0.272 e. The third kappa shape index (κ3) is 4.32. The minimum Gasteiger partial charge on any atom is -0.491 e. The number of nitro benzene ring substituents is 1. The van der Waals surface area contributed by atoms with Gasteiger partial charge >= 0.3 is 0 Å². The minimum absolute atomic E-state index is 0.00445. The van der Waals surface area contributed by atoms with Crippen molar-refractivity contribution < 1.29 is 14.5 Å². The van der Waals surface area contributed by atoms with Crippen LogP contribution in [0.5, 0.6) is 5.75 Å². The molecule has 0 spiro atoms. The molecular formula is C18H20N2O4. The molecule has 2 rings (SSSR count). The van der Waals surface area contributed by atoms with Gasteiger partial charge in [0.15, 0.2) is 0 Å². The molecule has 24 heavy (non-hydrogen) atoms. The van der Waals surface area contributed by atoms with Crippen molar-refractivity contribution in [2.24, 2.45) is 0 Å². The molecule has 2 aromatic carbocycles. The van der Waals surface area contributed by atoms with Crippen LogP contribution in [0.3, 0.4) is 0 Å². The van der Waals surface area contributed by atoms with E-state index in [0.29, 0.717) is 24.3 Å². The van der Waals surface area contributed by atoms with Gasteiger partial charge in [0.2, 0.25) is 0 Å². The quantitative estimate of drug-likeness (QED) is 0.501. The third-order valence-corrected chi connectivity index (χ3v) is 3.64. The Morgan fingerprint density at radius 1 is 1.12 bits per heavy atom. The first kappa shape index (κ1) is 17.5. The molecule has 0 fully saturated rings. The SMILES string of the molecule is Cc1ccc(C)c(OCCNC(=O)c2ccc([N+](=O)[O-])c(C)c2)c1. The molecule has 6 nitrogen and oxygen atoms in total. The molecule has 0 aliphatic carbocycles. The summed E-state index contributed by atoms with van der Waals surface area (Å²) in [7, 11) is 0. The summed E-state index contributed by atoms with van der Waals surface area (Å²) in [5.41, 5.74) is 3.01. The first-order chi connectivity index (χ1) is 11.4. The van der Waals surface area contributed by atoms with Crippen molar-refractivity contribution in [3.63, 3.8) is 0 Å². The second-order valence-electron chi connectivity index (χ2n) is 5.63. The highest BCUT2D eigenvalue weighted by Crippen LogP contribution is 2.19. The van der Waals surface area contributed by atoms with Crippen LogP contribution in [0.2, 0.25) is 0 Å². The molecule has 0 unspecified atom stereocenters. The van der Waals surface area contributed by atoms with E-state index in [1.165, 1.54) is 18.2 Å². The molecule has 0 aliphatic heterocycles. The summed E-state index contributed by atoms with van der Waals surface area (Å²) in [6.07, 6.45) is 0. The number of amides is 1. The second kappa shape index (κ2) is 7.59. The van der Waals surface area contributed by atoms with Gasteiger partial charge in [0.1, 0.15) is 12.4 Å². The lowest BCUT2D eigenvalue weighted by atomic mass is 10.1. The molecule has 0 atom stereocenters. The van der Waals surface area contributed by atoms with Gasteiger partial charge in [0, 0.05) is 17.2 Å². The topological polar surface area (TPSA) is 81.5 Å². The van der Waals surface area contributed by atoms with Gasteiger partial charge in [-0.25, -0.2) is 0 Å². The summed E-state index contributed by atoms with van der Waals surface area (Å²) in [5.74, 6) is 0.521. The molecule has 1 amide bonds. The predicted molar refractivity (Wildman–Crippen MR) is 91.6 cm³/mol. The van der Waals surface area contributed by atoms with Gasteiger partial charge in [-0.1, -0.05) is 12.1 Å². The zero-order chi connectivity index (χ0) is 17.7. The monoisotopic (exact) mass is 328 g/mol. The lowest BCUT2D eigenvalue weighted by Gasteiger charge is -2.11. The number of aryl methyl sites for hydroxylation is 3. The van der Waals surface area contributed by atoms with Crippen molar-refractivity contribution in [1.82, 2.24) is 5.32 Å². The molecular weight excluding hydrogens is 308 g/mol. The summed E-state index contributed by atoms with van der Waals surface area (Å²) < 4.78 is 5.67. The van der Waals surface area contributed by atoms with E-state index in [0.717, 1.165) is 16.9 Å². The summed E-state index contributed by atoms with van der Waals surface area (Å²) in [4.78, 5) is 22.4. The fourth-order valence-corrected chi connectivity index (χ4v) is 2.29. The van der Waals surface area contributed by atoms with E-state index in [4.69, 9.17) is 4.74 Å². The summed E-state index contributed by atoms with van der Waals surface area (Å²) in [5, 5.41) is 13.5. The Morgan fingerprint density at radius 3 is 2.54 bits per heavy atom. The standard InChI is InChI=1S/C18H20N2O4/c1-12-4-5-13(2)17(10-12)24-9-8-19-18(21)15-6-7-16(20(22)23)14(3)11-15/h4-7,10-11H,8-9H2,1-3H3,(H,19,21). The lowest BCUT2D eigenvalue weighted by molar-refractivity contribution is -0.385. The third-order valence-electron chi connectivity index (χ3n) is 3.64. The van der Waals surface area contributed by atoms with Crippen molar-refractivity contribution in [3.05, 3.63) is 68.8 Å². The van der Waals surface area contributed by atoms with Crippen LogP contribution >= 0.6 is 0 Å². The Balaban J connectivity index is 1.88. The number of nitrogens with one attached hydrogen (secondary N) is 1. The predicted octanol–water partition coefficient (Wildman–Crippen LogP) is 3.33. The van der Waals surface area contributed by atoms with Crippen LogP contribution in [0, 0.1) is 30.9 Å². The van der Waals surface area contributed by atoms with E-state index in [9.17, 15) is 14.9 Å². The number of nitro groups is 1. The maximum absolute atomic E-state index is 12.1. The van der Waals surface area contributed by atoms with Crippen molar-refractivity contribution in [1.29, 1.82) is 0 Å². The van der Waals surface area contributed by atoms with E-state index in [1.807, 2.05) is 32.0 Å². The summed E-state index contributed by atoms with van der Waals surface area (Å²) in [6, 6.07) is 10.3. The molecule has 2 aromatic rings. The van der Waals surface area contributed by atoms with Gasteiger partial charge in [0.25, 0.3) is 11.6 Å². The number of benzene rings is 2. The molecule has 126 valence electrons. The molecule has 0 aliphatic rings. The number of hydrogen-bond acceptors (Lipinski definition) is 4. The highest BCUT2D eigenvalue weighted by Gasteiger charge is 2.13. The molecule has 0 aromatic heterocycles. The second-order valence-corrected chi connectivity index (χ2v) is 5.63. The van der Waals surface area contributed by atoms with Gasteiger partial charge in [-0.05, 0) is 50.1 Å². The van der Waals surface area contributed by atoms with Gasteiger partial charge in [-0.3, -0.25) is 14.9 Å². The average Bonchev–Trinajstić information content (AvgIpc) is 2.53. The molecule has 0 saturated heterocycles. The van der Waals surface area contributed by atoms with Crippen molar-refractivity contribution in [3.8, 4) is 5.75 Å². The fraction of sp³-hybridized carbons (Fsp3) is 0.278. The van der Waals surface area contributed by atoms with E-state index < -0.39 is 4.92 Å². The number of rotatable bonds is 6. The van der Waals surface area contributed by atoms with Gasteiger partial charge in [0.05, 0.1) is 11.5 Å². The molecule has 0 saturated carbocycles.